The van der Waals surface area contributed by atoms with Crippen molar-refractivity contribution in [2.45, 2.75) is 25.4 Å². The van der Waals surface area contributed by atoms with Crippen molar-refractivity contribution < 1.29 is 0 Å². The fraction of sp³-hybridized carbons (Fsp3) is 0.588. The highest BCUT2D eigenvalue weighted by Crippen LogP contribution is 2.34. The molecule has 0 bridgehead atoms. The second-order valence-corrected chi connectivity index (χ2v) is 6.72. The third-order valence-electron chi connectivity index (χ3n) is 4.18. The lowest BCUT2D eigenvalue weighted by Gasteiger charge is -2.28. The summed E-state index contributed by atoms with van der Waals surface area (Å²) < 4.78 is 0. The van der Waals surface area contributed by atoms with Gasteiger partial charge in [-0.2, -0.15) is 0 Å². The van der Waals surface area contributed by atoms with Crippen molar-refractivity contribution in [1.82, 2.24) is 15.1 Å². The lowest BCUT2D eigenvalue weighted by Crippen LogP contribution is -2.46. The number of benzene rings is 1. The summed E-state index contributed by atoms with van der Waals surface area (Å²) in [5.74, 6) is 1.76. The second kappa shape index (κ2) is 7.84. The maximum Gasteiger partial charge on any atom is 0.193 e. The van der Waals surface area contributed by atoms with Crippen LogP contribution in [-0.2, 0) is 6.54 Å². The fourth-order valence-electron chi connectivity index (χ4n) is 2.82. The summed E-state index contributed by atoms with van der Waals surface area (Å²) in [6.45, 7) is 1.72. The molecule has 1 N–H and O–H groups in total. The summed E-state index contributed by atoms with van der Waals surface area (Å²) in [5.41, 5.74) is 1.18. The van der Waals surface area contributed by atoms with E-state index >= 15 is 0 Å². The quantitative estimate of drug-likeness (QED) is 0.645. The Hall–Kier alpha value is -1.26. The summed E-state index contributed by atoms with van der Waals surface area (Å²) in [5, 5.41) is 4.28. The van der Waals surface area contributed by atoms with E-state index in [1.165, 1.54) is 18.4 Å². The number of rotatable bonds is 6. The van der Waals surface area contributed by atoms with Gasteiger partial charge in [0, 0.05) is 38.2 Å². The monoisotopic (exact) mass is 322 g/mol. The van der Waals surface area contributed by atoms with Gasteiger partial charge < -0.3 is 15.1 Å². The zero-order valence-electron chi connectivity index (χ0n) is 14.0. The Balaban J connectivity index is 1.90. The van der Waals surface area contributed by atoms with E-state index in [9.17, 15) is 0 Å². The maximum absolute atomic E-state index is 6.05. The summed E-state index contributed by atoms with van der Waals surface area (Å²) in [7, 11) is 8.20. The SMILES string of the molecule is CN=C(NCC(C1CC1)N(C)C)N(C)Cc1cccc(Cl)c1. The van der Waals surface area contributed by atoms with Gasteiger partial charge in [0.15, 0.2) is 5.96 Å². The summed E-state index contributed by atoms with van der Waals surface area (Å²) in [4.78, 5) is 8.84. The highest BCUT2D eigenvalue weighted by molar-refractivity contribution is 6.30. The lowest BCUT2D eigenvalue weighted by atomic mass is 10.1. The standard InChI is InChI=1S/C17H27ClN4/c1-19-17(20-11-16(21(2)3)14-8-9-14)22(4)12-13-6-5-7-15(18)10-13/h5-7,10,14,16H,8-9,11-12H2,1-4H3,(H,19,20). The van der Waals surface area contributed by atoms with Crippen LogP contribution in [0.1, 0.15) is 18.4 Å². The molecule has 0 radical (unpaired) electrons. The van der Waals surface area contributed by atoms with E-state index in [0.29, 0.717) is 6.04 Å². The van der Waals surface area contributed by atoms with Gasteiger partial charge in [0.1, 0.15) is 0 Å². The average molecular weight is 323 g/mol. The van der Waals surface area contributed by atoms with Gasteiger partial charge in [-0.25, -0.2) is 0 Å². The van der Waals surface area contributed by atoms with Crippen LogP contribution in [0.15, 0.2) is 29.3 Å². The Labute approximate surface area is 139 Å². The van der Waals surface area contributed by atoms with Crippen LogP contribution in [0.5, 0.6) is 0 Å². The Morgan fingerprint density at radius 2 is 2.09 bits per heavy atom. The van der Waals surface area contributed by atoms with Crippen molar-refractivity contribution >= 4 is 17.6 Å². The van der Waals surface area contributed by atoms with Crippen LogP contribution in [0.2, 0.25) is 5.02 Å². The summed E-state index contributed by atoms with van der Waals surface area (Å²) >= 11 is 6.05. The van der Waals surface area contributed by atoms with Gasteiger partial charge >= 0.3 is 0 Å². The smallest absolute Gasteiger partial charge is 0.193 e. The van der Waals surface area contributed by atoms with Crippen molar-refractivity contribution in [3.63, 3.8) is 0 Å². The zero-order valence-corrected chi connectivity index (χ0v) is 14.8. The molecule has 4 nitrogen and oxygen atoms in total. The van der Waals surface area contributed by atoms with Crippen LogP contribution in [-0.4, -0.2) is 56.5 Å². The van der Waals surface area contributed by atoms with Gasteiger partial charge in [-0.1, -0.05) is 23.7 Å². The number of hydrogen-bond acceptors (Lipinski definition) is 2. The number of nitrogens with one attached hydrogen (secondary N) is 1. The Morgan fingerprint density at radius 3 is 2.64 bits per heavy atom. The molecule has 5 heteroatoms. The van der Waals surface area contributed by atoms with E-state index in [2.05, 4.69) is 47.3 Å². The second-order valence-electron chi connectivity index (χ2n) is 6.28. The van der Waals surface area contributed by atoms with Gasteiger partial charge in [0.05, 0.1) is 0 Å². The molecular formula is C17H27ClN4. The van der Waals surface area contributed by atoms with Crippen molar-refractivity contribution in [2.24, 2.45) is 10.9 Å². The molecule has 2 rings (SSSR count). The lowest BCUT2D eigenvalue weighted by molar-refractivity contribution is 0.262. The number of halogens is 1. The van der Waals surface area contributed by atoms with Crippen LogP contribution in [0.4, 0.5) is 0 Å². The number of hydrogen-bond donors (Lipinski definition) is 1. The van der Waals surface area contributed by atoms with Crippen LogP contribution in [0.3, 0.4) is 0 Å². The van der Waals surface area contributed by atoms with E-state index in [-0.39, 0.29) is 0 Å². The highest BCUT2D eigenvalue weighted by Gasteiger charge is 2.32. The Kier molecular flexibility index (Phi) is 6.09. The Morgan fingerprint density at radius 1 is 1.36 bits per heavy atom. The molecule has 1 unspecified atom stereocenters. The molecule has 0 spiro atoms. The van der Waals surface area contributed by atoms with Crippen LogP contribution < -0.4 is 5.32 Å². The third kappa shape index (κ3) is 4.89. The number of guanidine groups is 1. The molecule has 1 aromatic rings. The molecule has 22 heavy (non-hydrogen) atoms. The summed E-state index contributed by atoms with van der Waals surface area (Å²) in [6, 6.07) is 8.55. The van der Waals surface area contributed by atoms with Crippen LogP contribution >= 0.6 is 11.6 Å². The largest absolute Gasteiger partial charge is 0.355 e. The van der Waals surface area contributed by atoms with E-state index in [1.807, 2.05) is 25.2 Å². The van der Waals surface area contributed by atoms with E-state index in [1.54, 1.807) is 0 Å². The molecule has 0 aliphatic heterocycles. The van der Waals surface area contributed by atoms with Crippen molar-refractivity contribution in [1.29, 1.82) is 0 Å². The van der Waals surface area contributed by atoms with Crippen molar-refractivity contribution in [3.05, 3.63) is 34.9 Å². The van der Waals surface area contributed by atoms with Gasteiger partial charge in [-0.05, 0) is 50.6 Å². The molecule has 1 aromatic carbocycles. The molecule has 122 valence electrons. The number of nitrogens with zero attached hydrogens (tertiary/aromatic N) is 3. The third-order valence-corrected chi connectivity index (χ3v) is 4.42. The van der Waals surface area contributed by atoms with Crippen LogP contribution in [0.25, 0.3) is 0 Å². The predicted octanol–water partition coefficient (Wildman–Crippen LogP) is 2.69. The van der Waals surface area contributed by atoms with Gasteiger partial charge in [0.25, 0.3) is 0 Å². The minimum Gasteiger partial charge on any atom is -0.355 e. The first-order valence-electron chi connectivity index (χ1n) is 7.84. The molecule has 0 heterocycles. The van der Waals surface area contributed by atoms with Crippen molar-refractivity contribution in [2.75, 3.05) is 34.7 Å². The maximum atomic E-state index is 6.05. The zero-order chi connectivity index (χ0) is 16.1. The molecular weight excluding hydrogens is 296 g/mol. The van der Waals surface area contributed by atoms with Crippen molar-refractivity contribution in [3.8, 4) is 0 Å². The molecule has 1 aliphatic rings. The predicted molar refractivity (Wildman–Crippen MR) is 94.5 cm³/mol. The van der Waals surface area contributed by atoms with Gasteiger partial charge in [0.2, 0.25) is 0 Å². The molecule has 1 saturated carbocycles. The molecule has 0 amide bonds. The topological polar surface area (TPSA) is 30.9 Å². The molecule has 1 fully saturated rings. The first-order valence-corrected chi connectivity index (χ1v) is 8.21. The molecule has 0 aromatic heterocycles. The fourth-order valence-corrected chi connectivity index (χ4v) is 3.03. The average Bonchev–Trinajstić information content (AvgIpc) is 3.27. The van der Waals surface area contributed by atoms with E-state index in [0.717, 1.165) is 30.0 Å². The number of aliphatic imine (C=N–C) groups is 1. The molecule has 1 atom stereocenters. The minimum absolute atomic E-state index is 0.580. The molecule has 0 saturated heterocycles. The van der Waals surface area contributed by atoms with Crippen LogP contribution in [0, 0.1) is 5.92 Å². The number of likely N-dealkylation sites (N-methyl/N-ethyl adjacent to an activating group) is 1. The van der Waals surface area contributed by atoms with Gasteiger partial charge in [-0.15, -0.1) is 0 Å². The van der Waals surface area contributed by atoms with E-state index in [4.69, 9.17) is 11.6 Å². The first kappa shape index (κ1) is 17.1. The minimum atomic E-state index is 0.580. The summed E-state index contributed by atoms with van der Waals surface area (Å²) in [6.07, 6.45) is 2.70. The first-order chi connectivity index (χ1) is 10.5. The Bertz CT molecular complexity index is 509. The van der Waals surface area contributed by atoms with E-state index < -0.39 is 0 Å². The normalized spacial score (nSPS) is 16.7. The van der Waals surface area contributed by atoms with Gasteiger partial charge in [-0.3, -0.25) is 4.99 Å². The molecule has 1 aliphatic carbocycles. The highest BCUT2D eigenvalue weighted by atomic mass is 35.5.